The molecular formula is C38H41NO5S. The minimum Gasteiger partial charge on any atom is -0.489 e. The number of nitrogens with zero attached hydrogens (tertiary/aromatic N) is 1. The van der Waals surface area contributed by atoms with Crippen LogP contribution in [0, 0.1) is 0 Å². The van der Waals surface area contributed by atoms with Crippen molar-refractivity contribution in [3.05, 3.63) is 130 Å². The smallest absolute Gasteiger partial charge is 0.335 e. The van der Waals surface area contributed by atoms with Crippen LogP contribution in [0.4, 0.5) is 0 Å². The average Bonchev–Trinajstić information content (AvgIpc) is 3.07. The number of carboxylic acid groups (broad SMARTS) is 2. The van der Waals surface area contributed by atoms with Gasteiger partial charge in [-0.1, -0.05) is 66.7 Å². The van der Waals surface area contributed by atoms with Crippen LogP contribution in [0.25, 0.3) is 0 Å². The summed E-state index contributed by atoms with van der Waals surface area (Å²) in [5, 5.41) is 18.7. The van der Waals surface area contributed by atoms with Crippen LogP contribution in [0.5, 0.6) is 5.75 Å². The molecule has 4 aromatic rings. The fourth-order valence-electron chi connectivity index (χ4n) is 6.01. The van der Waals surface area contributed by atoms with Crippen molar-refractivity contribution in [2.75, 3.05) is 13.1 Å². The van der Waals surface area contributed by atoms with E-state index in [-0.39, 0.29) is 12.5 Å². The largest absolute Gasteiger partial charge is 0.489 e. The Hall–Kier alpha value is -4.07. The summed E-state index contributed by atoms with van der Waals surface area (Å²) in [4.78, 5) is 26.4. The van der Waals surface area contributed by atoms with Crippen molar-refractivity contribution in [1.82, 2.24) is 4.90 Å². The van der Waals surface area contributed by atoms with Crippen LogP contribution in [0.15, 0.2) is 102 Å². The first kappa shape index (κ1) is 32.3. The number of thioether (sulfide) groups is 1. The van der Waals surface area contributed by atoms with Crippen molar-refractivity contribution >= 4 is 23.7 Å². The average molecular weight is 624 g/mol. The van der Waals surface area contributed by atoms with Gasteiger partial charge < -0.3 is 14.9 Å². The Morgan fingerprint density at radius 2 is 1.62 bits per heavy atom. The molecule has 0 radical (unpaired) electrons. The summed E-state index contributed by atoms with van der Waals surface area (Å²) in [7, 11) is 0. The molecule has 0 saturated carbocycles. The van der Waals surface area contributed by atoms with Gasteiger partial charge in [-0.15, -0.1) is 11.8 Å². The summed E-state index contributed by atoms with van der Waals surface area (Å²) in [5.41, 5.74) is 6.20. The van der Waals surface area contributed by atoms with Crippen LogP contribution in [-0.2, 0) is 30.0 Å². The fraction of sp³-hybridized carbons (Fsp3) is 0.316. The SMILES string of the molecule is O=C(O)CCCCN(CCc1ccccc1OCc1ccc(SCc2ccccc2)cc1)C1CCCc2cc(C(=O)O)ccc21. The number of unbranched alkanes of at least 4 members (excludes halogenated alkanes) is 1. The van der Waals surface area contributed by atoms with Gasteiger partial charge in [-0.3, -0.25) is 9.69 Å². The van der Waals surface area contributed by atoms with Crippen LogP contribution in [-0.4, -0.2) is 40.1 Å². The van der Waals surface area contributed by atoms with Gasteiger partial charge in [-0.25, -0.2) is 4.79 Å². The third-order valence-corrected chi connectivity index (χ3v) is 9.49. The molecule has 1 atom stereocenters. The van der Waals surface area contributed by atoms with E-state index < -0.39 is 11.9 Å². The molecule has 0 spiro atoms. The zero-order valence-electron chi connectivity index (χ0n) is 25.6. The number of carbonyl (C=O) groups is 2. The van der Waals surface area contributed by atoms with Gasteiger partial charge in [0.05, 0.1) is 5.56 Å². The molecule has 0 aromatic heterocycles. The highest BCUT2D eigenvalue weighted by molar-refractivity contribution is 7.98. The molecule has 4 aromatic carbocycles. The predicted molar refractivity (Wildman–Crippen MR) is 179 cm³/mol. The van der Waals surface area contributed by atoms with E-state index in [1.165, 1.54) is 16.0 Å². The molecule has 0 amide bonds. The Morgan fingerprint density at radius 3 is 2.40 bits per heavy atom. The number of hydrogen-bond acceptors (Lipinski definition) is 5. The van der Waals surface area contributed by atoms with E-state index in [1.54, 1.807) is 6.07 Å². The summed E-state index contributed by atoms with van der Waals surface area (Å²) >= 11 is 1.83. The molecule has 234 valence electrons. The molecule has 1 aliphatic carbocycles. The molecule has 0 fully saturated rings. The number of carboxylic acids is 2. The summed E-state index contributed by atoms with van der Waals surface area (Å²) in [6.07, 6.45) is 5.26. The first-order valence-electron chi connectivity index (χ1n) is 15.7. The maximum atomic E-state index is 11.6. The highest BCUT2D eigenvalue weighted by atomic mass is 32.2. The summed E-state index contributed by atoms with van der Waals surface area (Å²) in [5.74, 6) is 0.148. The molecule has 7 heteroatoms. The molecule has 0 aliphatic heterocycles. The van der Waals surface area contributed by atoms with Crippen molar-refractivity contribution in [3.63, 3.8) is 0 Å². The van der Waals surface area contributed by atoms with Crippen molar-refractivity contribution in [2.24, 2.45) is 0 Å². The molecule has 5 rings (SSSR count). The van der Waals surface area contributed by atoms with E-state index in [9.17, 15) is 14.7 Å². The van der Waals surface area contributed by atoms with E-state index in [1.807, 2.05) is 48.2 Å². The zero-order chi connectivity index (χ0) is 31.4. The Labute approximate surface area is 270 Å². The number of fused-ring (bicyclic) bond motifs is 1. The van der Waals surface area contributed by atoms with Gasteiger partial charge in [0.1, 0.15) is 12.4 Å². The second-order valence-electron chi connectivity index (χ2n) is 11.6. The minimum atomic E-state index is -0.903. The van der Waals surface area contributed by atoms with Crippen molar-refractivity contribution in [1.29, 1.82) is 0 Å². The Bertz CT molecular complexity index is 1560. The normalized spacial score (nSPS) is 14.2. The lowest BCUT2D eigenvalue weighted by Gasteiger charge is -2.36. The van der Waals surface area contributed by atoms with Crippen molar-refractivity contribution < 1.29 is 24.5 Å². The van der Waals surface area contributed by atoms with Crippen LogP contribution < -0.4 is 4.74 Å². The highest BCUT2D eigenvalue weighted by Crippen LogP contribution is 2.36. The van der Waals surface area contributed by atoms with E-state index in [4.69, 9.17) is 9.84 Å². The topological polar surface area (TPSA) is 87.1 Å². The van der Waals surface area contributed by atoms with Crippen LogP contribution in [0.2, 0.25) is 0 Å². The second-order valence-corrected chi connectivity index (χ2v) is 12.6. The fourth-order valence-corrected chi connectivity index (χ4v) is 6.87. The monoisotopic (exact) mass is 623 g/mol. The van der Waals surface area contributed by atoms with Gasteiger partial charge >= 0.3 is 11.9 Å². The van der Waals surface area contributed by atoms with E-state index in [0.29, 0.717) is 18.6 Å². The van der Waals surface area contributed by atoms with Crippen LogP contribution in [0.3, 0.4) is 0 Å². The number of ether oxygens (including phenoxy) is 1. The lowest BCUT2D eigenvalue weighted by atomic mass is 9.85. The molecule has 45 heavy (non-hydrogen) atoms. The number of para-hydroxylation sites is 1. The quantitative estimate of drug-likeness (QED) is 0.0957. The van der Waals surface area contributed by atoms with Gasteiger partial charge in [0.2, 0.25) is 0 Å². The molecule has 1 aliphatic rings. The molecule has 6 nitrogen and oxygen atoms in total. The molecule has 2 N–H and O–H groups in total. The van der Waals surface area contributed by atoms with Gasteiger partial charge in [0.25, 0.3) is 0 Å². The van der Waals surface area contributed by atoms with Crippen LogP contribution >= 0.6 is 11.8 Å². The molecule has 0 saturated heterocycles. The molecular weight excluding hydrogens is 582 g/mol. The van der Waals surface area contributed by atoms with Crippen molar-refractivity contribution in [2.45, 2.75) is 68.2 Å². The minimum absolute atomic E-state index is 0.167. The van der Waals surface area contributed by atoms with Gasteiger partial charge in [-0.05, 0) is 103 Å². The Balaban J connectivity index is 1.22. The number of aryl methyl sites for hydroxylation is 1. The van der Waals surface area contributed by atoms with E-state index in [2.05, 4.69) is 59.5 Å². The van der Waals surface area contributed by atoms with Gasteiger partial charge in [-0.2, -0.15) is 0 Å². The van der Waals surface area contributed by atoms with Gasteiger partial charge in [0, 0.05) is 29.7 Å². The summed E-state index contributed by atoms with van der Waals surface area (Å²) < 4.78 is 6.34. The highest BCUT2D eigenvalue weighted by Gasteiger charge is 2.26. The maximum Gasteiger partial charge on any atom is 0.335 e. The van der Waals surface area contributed by atoms with Crippen molar-refractivity contribution in [3.8, 4) is 5.75 Å². The number of aromatic carboxylic acids is 1. The summed E-state index contributed by atoms with van der Waals surface area (Å²) in [6.45, 7) is 2.07. The standard InChI is InChI=1S/C38H41NO5S/c40-37(41)15-6-7-23-39(35-13-8-12-31-25-32(38(42)43)18-21-34(31)35)24-22-30-11-4-5-14-36(30)44-26-28-16-19-33(20-17-28)45-27-29-9-2-1-3-10-29/h1-5,9-11,14,16-21,25,35H,6-8,12-13,15,22-24,26-27H2,(H,40,41)(H,42,43). The number of benzene rings is 4. The number of aliphatic carboxylic acids is 1. The third-order valence-electron chi connectivity index (χ3n) is 8.41. The van der Waals surface area contributed by atoms with E-state index in [0.717, 1.165) is 73.4 Å². The first-order valence-corrected chi connectivity index (χ1v) is 16.7. The number of rotatable bonds is 16. The summed E-state index contributed by atoms with van der Waals surface area (Å²) in [6, 6.07) is 32.9. The first-order chi connectivity index (χ1) is 22.0. The lowest BCUT2D eigenvalue weighted by molar-refractivity contribution is -0.137. The third kappa shape index (κ3) is 9.46. The molecule has 1 unspecified atom stereocenters. The zero-order valence-corrected chi connectivity index (χ0v) is 26.4. The van der Waals surface area contributed by atoms with E-state index >= 15 is 0 Å². The lowest BCUT2D eigenvalue weighted by Crippen LogP contribution is -2.34. The Kier molecular flexibility index (Phi) is 11.7. The Morgan fingerprint density at radius 1 is 0.844 bits per heavy atom. The van der Waals surface area contributed by atoms with Crippen LogP contribution in [0.1, 0.15) is 76.3 Å². The van der Waals surface area contributed by atoms with Gasteiger partial charge in [0.15, 0.2) is 0 Å². The predicted octanol–water partition coefficient (Wildman–Crippen LogP) is 8.43. The molecule has 0 bridgehead atoms. The number of hydrogen-bond donors (Lipinski definition) is 2. The molecule has 0 heterocycles. The second kappa shape index (κ2) is 16.3. The maximum absolute atomic E-state index is 11.6.